The topological polar surface area (TPSA) is 96.7 Å². The van der Waals surface area contributed by atoms with Crippen LogP contribution in [0.1, 0.15) is 22.5 Å². The van der Waals surface area contributed by atoms with Crippen LogP contribution >= 0.6 is 0 Å². The van der Waals surface area contributed by atoms with Gasteiger partial charge in [0.25, 0.3) is 15.9 Å². The molecule has 0 bridgehead atoms. The fourth-order valence-electron chi connectivity index (χ4n) is 3.89. The summed E-state index contributed by atoms with van der Waals surface area (Å²) in [6.07, 6.45) is 4.50. The molecule has 4 rings (SSSR count). The second kappa shape index (κ2) is 10.6. The Hall–Kier alpha value is -4.24. The van der Waals surface area contributed by atoms with Crippen LogP contribution in [0.4, 0.5) is 5.69 Å². The largest absolute Gasteiger partial charge is 0.318 e. The predicted molar refractivity (Wildman–Crippen MR) is 141 cm³/mol. The molecule has 2 heterocycles. The van der Waals surface area contributed by atoms with Crippen LogP contribution in [-0.2, 0) is 14.8 Å². The van der Waals surface area contributed by atoms with Gasteiger partial charge in [-0.05, 0) is 63.2 Å². The van der Waals surface area contributed by atoms with E-state index in [1.54, 1.807) is 36.5 Å². The minimum absolute atomic E-state index is 0.0775. The van der Waals surface area contributed by atoms with Crippen molar-refractivity contribution in [1.82, 2.24) is 15.0 Å². The molecule has 0 aliphatic heterocycles. The van der Waals surface area contributed by atoms with Crippen molar-refractivity contribution in [2.24, 2.45) is 5.10 Å². The number of sulfonamides is 1. The third kappa shape index (κ3) is 5.36. The zero-order valence-electron chi connectivity index (χ0n) is 20.3. The molecule has 0 saturated heterocycles. The molecular weight excluding hydrogens is 474 g/mol. The van der Waals surface area contributed by atoms with Crippen LogP contribution in [0.2, 0.25) is 0 Å². The van der Waals surface area contributed by atoms with Crippen LogP contribution in [0.15, 0.2) is 95.2 Å². The SMILES string of the molecule is Cc1ccc(-n2c(C)cc(/C=N/NC(=O)CN(c3cccnc3)S(=O)(=O)c3ccccc3)c2C)cc1. The third-order valence-electron chi connectivity index (χ3n) is 5.71. The average Bonchev–Trinajstić information content (AvgIpc) is 3.16. The first-order valence-electron chi connectivity index (χ1n) is 11.3. The fraction of sp³-hybridized carbons (Fsp3) is 0.148. The van der Waals surface area contributed by atoms with Crippen LogP contribution in [0.3, 0.4) is 0 Å². The van der Waals surface area contributed by atoms with Gasteiger partial charge in [-0.1, -0.05) is 35.9 Å². The van der Waals surface area contributed by atoms with E-state index in [0.717, 1.165) is 26.9 Å². The first-order chi connectivity index (χ1) is 17.3. The van der Waals surface area contributed by atoms with Gasteiger partial charge in [0.05, 0.1) is 23.0 Å². The van der Waals surface area contributed by atoms with Gasteiger partial charge < -0.3 is 4.57 Å². The van der Waals surface area contributed by atoms with E-state index in [9.17, 15) is 13.2 Å². The number of hydrazone groups is 1. The molecule has 0 unspecified atom stereocenters. The Morgan fingerprint density at radius 3 is 2.42 bits per heavy atom. The molecule has 4 aromatic rings. The van der Waals surface area contributed by atoms with Crippen molar-refractivity contribution >= 4 is 27.8 Å². The summed E-state index contributed by atoms with van der Waals surface area (Å²) in [6.45, 7) is 5.57. The molecule has 0 aliphatic carbocycles. The molecule has 0 radical (unpaired) electrons. The van der Waals surface area contributed by atoms with Crippen LogP contribution in [0, 0.1) is 20.8 Å². The van der Waals surface area contributed by atoms with E-state index in [4.69, 9.17) is 0 Å². The minimum Gasteiger partial charge on any atom is -0.318 e. The van der Waals surface area contributed by atoms with Gasteiger partial charge in [-0.15, -0.1) is 0 Å². The van der Waals surface area contributed by atoms with Crippen molar-refractivity contribution < 1.29 is 13.2 Å². The van der Waals surface area contributed by atoms with Gasteiger partial charge in [0.2, 0.25) is 0 Å². The highest BCUT2D eigenvalue weighted by molar-refractivity contribution is 7.92. The molecule has 0 fully saturated rings. The molecule has 0 saturated carbocycles. The normalized spacial score (nSPS) is 11.5. The van der Waals surface area contributed by atoms with E-state index in [1.807, 2.05) is 26.8 Å². The van der Waals surface area contributed by atoms with Crippen LogP contribution in [-0.4, -0.2) is 36.6 Å². The molecule has 0 atom stereocenters. The number of nitrogens with one attached hydrogen (secondary N) is 1. The smallest absolute Gasteiger partial charge is 0.264 e. The number of anilines is 1. The maximum atomic E-state index is 13.3. The van der Waals surface area contributed by atoms with Crippen LogP contribution in [0.5, 0.6) is 0 Å². The lowest BCUT2D eigenvalue weighted by molar-refractivity contribution is -0.119. The van der Waals surface area contributed by atoms with Crippen molar-refractivity contribution in [2.75, 3.05) is 10.8 Å². The number of hydrogen-bond donors (Lipinski definition) is 1. The average molecular weight is 502 g/mol. The number of nitrogens with zero attached hydrogens (tertiary/aromatic N) is 4. The Balaban J connectivity index is 1.52. The Bertz CT molecular complexity index is 1480. The lowest BCUT2D eigenvalue weighted by Crippen LogP contribution is -2.39. The molecular formula is C27H27N5O3S. The first kappa shape index (κ1) is 24.9. The molecule has 0 aliphatic rings. The maximum absolute atomic E-state index is 13.3. The number of hydrogen-bond acceptors (Lipinski definition) is 5. The highest BCUT2D eigenvalue weighted by Crippen LogP contribution is 2.23. The first-order valence-corrected chi connectivity index (χ1v) is 12.8. The Labute approximate surface area is 211 Å². The van der Waals surface area contributed by atoms with Crippen molar-refractivity contribution in [3.63, 3.8) is 0 Å². The molecule has 1 amide bonds. The Morgan fingerprint density at radius 2 is 1.75 bits per heavy atom. The summed E-state index contributed by atoms with van der Waals surface area (Å²) in [6, 6.07) is 21.4. The molecule has 1 N–H and O–H groups in total. The molecule has 0 spiro atoms. The van der Waals surface area contributed by atoms with Gasteiger partial charge in [0, 0.05) is 28.8 Å². The van der Waals surface area contributed by atoms with E-state index in [0.29, 0.717) is 0 Å². The maximum Gasteiger partial charge on any atom is 0.264 e. The lowest BCUT2D eigenvalue weighted by Gasteiger charge is -2.23. The number of benzene rings is 2. The van der Waals surface area contributed by atoms with Gasteiger partial charge in [-0.25, -0.2) is 13.8 Å². The fourth-order valence-corrected chi connectivity index (χ4v) is 5.31. The number of carbonyl (C=O) groups excluding carboxylic acids is 1. The van der Waals surface area contributed by atoms with Crippen LogP contribution < -0.4 is 9.73 Å². The van der Waals surface area contributed by atoms with Gasteiger partial charge in [-0.3, -0.25) is 14.1 Å². The zero-order chi connectivity index (χ0) is 25.7. The number of amides is 1. The summed E-state index contributed by atoms with van der Waals surface area (Å²) in [7, 11) is -3.99. The summed E-state index contributed by atoms with van der Waals surface area (Å²) in [5.74, 6) is -0.582. The van der Waals surface area contributed by atoms with E-state index in [1.165, 1.54) is 30.1 Å². The van der Waals surface area contributed by atoms with Gasteiger partial charge in [0.15, 0.2) is 0 Å². The zero-order valence-corrected chi connectivity index (χ0v) is 21.1. The number of carbonyl (C=O) groups is 1. The van der Waals surface area contributed by atoms with Crippen molar-refractivity contribution in [2.45, 2.75) is 25.7 Å². The monoisotopic (exact) mass is 501 g/mol. The number of pyridine rings is 1. The molecule has 184 valence electrons. The number of aryl methyl sites for hydroxylation is 2. The van der Waals surface area contributed by atoms with E-state index in [-0.39, 0.29) is 10.6 Å². The van der Waals surface area contributed by atoms with Gasteiger partial charge >= 0.3 is 0 Å². The van der Waals surface area contributed by atoms with Crippen LogP contribution in [0.25, 0.3) is 5.69 Å². The molecule has 8 nitrogen and oxygen atoms in total. The van der Waals surface area contributed by atoms with Crippen molar-refractivity contribution in [1.29, 1.82) is 0 Å². The van der Waals surface area contributed by atoms with Crippen molar-refractivity contribution in [3.05, 3.63) is 108 Å². The second-order valence-electron chi connectivity index (χ2n) is 8.33. The quantitative estimate of drug-likeness (QED) is 0.290. The van der Waals surface area contributed by atoms with Gasteiger partial charge in [-0.2, -0.15) is 5.10 Å². The number of rotatable bonds is 8. The molecule has 2 aromatic carbocycles. The summed E-state index contributed by atoms with van der Waals surface area (Å²) in [5, 5.41) is 4.09. The highest BCUT2D eigenvalue weighted by atomic mass is 32.2. The molecule has 36 heavy (non-hydrogen) atoms. The summed E-state index contributed by atoms with van der Waals surface area (Å²) >= 11 is 0. The van der Waals surface area contributed by atoms with E-state index >= 15 is 0 Å². The standard InChI is InChI=1S/C27H27N5O3S/c1-20-11-13-24(14-12-20)32-21(2)16-23(22(32)3)17-29-30-27(33)19-31(25-8-7-15-28-18-25)36(34,35)26-9-5-4-6-10-26/h4-18H,19H2,1-3H3,(H,30,33)/b29-17+. The van der Waals surface area contributed by atoms with E-state index in [2.05, 4.69) is 44.3 Å². The van der Waals surface area contributed by atoms with Gasteiger partial charge in [0.1, 0.15) is 6.54 Å². The minimum atomic E-state index is -3.99. The Kier molecular flexibility index (Phi) is 7.30. The van der Waals surface area contributed by atoms with Crippen molar-refractivity contribution in [3.8, 4) is 5.69 Å². The second-order valence-corrected chi connectivity index (χ2v) is 10.2. The Morgan fingerprint density at radius 1 is 1.03 bits per heavy atom. The summed E-state index contributed by atoms with van der Waals surface area (Å²) in [4.78, 5) is 16.8. The molecule has 9 heteroatoms. The molecule has 2 aromatic heterocycles. The third-order valence-corrected chi connectivity index (χ3v) is 7.50. The lowest BCUT2D eigenvalue weighted by atomic mass is 10.2. The number of aromatic nitrogens is 2. The van der Waals surface area contributed by atoms with E-state index < -0.39 is 22.5 Å². The highest BCUT2D eigenvalue weighted by Gasteiger charge is 2.27. The predicted octanol–water partition coefficient (Wildman–Crippen LogP) is 4.14. The summed E-state index contributed by atoms with van der Waals surface area (Å²) in [5.41, 5.74) is 7.79. The summed E-state index contributed by atoms with van der Waals surface area (Å²) < 4.78 is 29.7.